The number of thiazole rings is 1. The molecule has 0 bridgehead atoms. The van der Waals surface area contributed by atoms with Gasteiger partial charge in [0.25, 0.3) is 0 Å². The van der Waals surface area contributed by atoms with Gasteiger partial charge in [-0.05, 0) is 19.4 Å². The zero-order chi connectivity index (χ0) is 10.8. The van der Waals surface area contributed by atoms with Crippen LogP contribution in [0.15, 0.2) is 23.6 Å². The standard InChI is InChI=1S/C12H14N2S/c1-8-3-4-11(9(2)5-8)12-14-10(6-13)7-15-12/h3-5,7H,6,13H2,1-2H3. The molecule has 0 saturated heterocycles. The van der Waals surface area contributed by atoms with Crippen molar-refractivity contribution in [2.45, 2.75) is 20.4 Å². The third-order valence-electron chi connectivity index (χ3n) is 2.37. The fraction of sp³-hybridized carbons (Fsp3) is 0.250. The van der Waals surface area contributed by atoms with Gasteiger partial charge in [0, 0.05) is 17.5 Å². The molecule has 1 aromatic heterocycles. The van der Waals surface area contributed by atoms with E-state index in [4.69, 9.17) is 5.73 Å². The average Bonchev–Trinajstić information content (AvgIpc) is 2.66. The quantitative estimate of drug-likeness (QED) is 0.841. The molecule has 0 spiro atoms. The van der Waals surface area contributed by atoms with Crippen molar-refractivity contribution in [1.29, 1.82) is 0 Å². The molecule has 0 fully saturated rings. The number of aromatic nitrogens is 1. The van der Waals surface area contributed by atoms with E-state index in [1.54, 1.807) is 11.3 Å². The van der Waals surface area contributed by atoms with Crippen LogP contribution in [0.2, 0.25) is 0 Å². The molecule has 2 N–H and O–H groups in total. The Morgan fingerprint density at radius 3 is 2.73 bits per heavy atom. The third kappa shape index (κ3) is 2.08. The number of nitrogens with two attached hydrogens (primary N) is 1. The zero-order valence-electron chi connectivity index (χ0n) is 8.95. The highest BCUT2D eigenvalue weighted by Gasteiger charge is 2.06. The molecule has 0 aliphatic heterocycles. The van der Waals surface area contributed by atoms with Crippen molar-refractivity contribution in [2.75, 3.05) is 0 Å². The van der Waals surface area contributed by atoms with Crippen LogP contribution in [0.5, 0.6) is 0 Å². The SMILES string of the molecule is Cc1ccc(-c2nc(CN)cs2)c(C)c1. The molecule has 1 aromatic carbocycles. The summed E-state index contributed by atoms with van der Waals surface area (Å²) >= 11 is 1.66. The van der Waals surface area contributed by atoms with Crippen LogP contribution in [-0.2, 0) is 6.54 Å². The number of hydrogen-bond donors (Lipinski definition) is 1. The Balaban J connectivity index is 2.44. The van der Waals surface area contributed by atoms with Crippen LogP contribution < -0.4 is 5.73 Å². The summed E-state index contributed by atoms with van der Waals surface area (Å²) in [5.74, 6) is 0. The van der Waals surface area contributed by atoms with Gasteiger partial charge in [0.2, 0.25) is 0 Å². The zero-order valence-corrected chi connectivity index (χ0v) is 9.77. The van der Waals surface area contributed by atoms with E-state index in [9.17, 15) is 0 Å². The summed E-state index contributed by atoms with van der Waals surface area (Å²) in [5.41, 5.74) is 10.3. The van der Waals surface area contributed by atoms with Crippen molar-refractivity contribution in [3.63, 3.8) is 0 Å². The fourth-order valence-corrected chi connectivity index (χ4v) is 2.50. The number of aryl methyl sites for hydroxylation is 2. The summed E-state index contributed by atoms with van der Waals surface area (Å²) in [4.78, 5) is 4.48. The molecule has 0 aliphatic carbocycles. The molecule has 0 aliphatic rings. The molecule has 15 heavy (non-hydrogen) atoms. The van der Waals surface area contributed by atoms with Crippen molar-refractivity contribution in [3.05, 3.63) is 40.4 Å². The second-order valence-electron chi connectivity index (χ2n) is 3.67. The molecule has 0 amide bonds. The van der Waals surface area contributed by atoms with Gasteiger partial charge in [-0.25, -0.2) is 4.98 Å². The van der Waals surface area contributed by atoms with Gasteiger partial charge in [0.05, 0.1) is 5.69 Å². The fourth-order valence-electron chi connectivity index (χ4n) is 1.58. The molecule has 0 atom stereocenters. The predicted octanol–water partition coefficient (Wildman–Crippen LogP) is 2.89. The molecule has 1 heterocycles. The van der Waals surface area contributed by atoms with Gasteiger partial charge in [-0.15, -0.1) is 11.3 Å². The lowest BCUT2D eigenvalue weighted by molar-refractivity contribution is 1.01. The van der Waals surface area contributed by atoms with Crippen LogP contribution >= 0.6 is 11.3 Å². The van der Waals surface area contributed by atoms with E-state index in [1.165, 1.54) is 16.7 Å². The van der Waals surface area contributed by atoms with Crippen LogP contribution in [0.25, 0.3) is 10.6 Å². The van der Waals surface area contributed by atoms with Gasteiger partial charge in [0.1, 0.15) is 5.01 Å². The molecular weight excluding hydrogens is 204 g/mol. The average molecular weight is 218 g/mol. The Bertz CT molecular complexity index is 474. The van der Waals surface area contributed by atoms with E-state index in [-0.39, 0.29) is 0 Å². The largest absolute Gasteiger partial charge is 0.325 e. The number of rotatable bonds is 2. The van der Waals surface area contributed by atoms with Crippen molar-refractivity contribution >= 4 is 11.3 Å². The molecule has 3 heteroatoms. The lowest BCUT2D eigenvalue weighted by Crippen LogP contribution is -1.95. The van der Waals surface area contributed by atoms with Crippen LogP contribution in [0, 0.1) is 13.8 Å². The number of benzene rings is 1. The molecule has 78 valence electrons. The molecule has 2 rings (SSSR count). The summed E-state index contributed by atoms with van der Waals surface area (Å²) in [5, 5.41) is 3.09. The summed E-state index contributed by atoms with van der Waals surface area (Å²) < 4.78 is 0. The van der Waals surface area contributed by atoms with Gasteiger partial charge in [-0.3, -0.25) is 0 Å². The first kappa shape index (κ1) is 10.3. The molecule has 0 radical (unpaired) electrons. The van der Waals surface area contributed by atoms with Gasteiger partial charge < -0.3 is 5.73 Å². The maximum Gasteiger partial charge on any atom is 0.123 e. The van der Waals surface area contributed by atoms with Crippen LogP contribution in [-0.4, -0.2) is 4.98 Å². The first-order chi connectivity index (χ1) is 7.20. The summed E-state index contributed by atoms with van der Waals surface area (Å²) in [6.45, 7) is 4.73. The van der Waals surface area contributed by atoms with E-state index in [1.807, 2.05) is 5.38 Å². The maximum absolute atomic E-state index is 5.55. The highest BCUT2D eigenvalue weighted by Crippen LogP contribution is 2.27. The minimum absolute atomic E-state index is 0.515. The lowest BCUT2D eigenvalue weighted by Gasteiger charge is -2.02. The molecule has 0 saturated carbocycles. The van der Waals surface area contributed by atoms with E-state index in [0.717, 1.165) is 10.7 Å². The van der Waals surface area contributed by atoms with Gasteiger partial charge in [0.15, 0.2) is 0 Å². The minimum Gasteiger partial charge on any atom is -0.325 e. The summed E-state index contributed by atoms with van der Waals surface area (Å²) in [6.07, 6.45) is 0. The highest BCUT2D eigenvalue weighted by molar-refractivity contribution is 7.13. The minimum atomic E-state index is 0.515. The van der Waals surface area contributed by atoms with E-state index in [2.05, 4.69) is 37.0 Å². The van der Waals surface area contributed by atoms with Gasteiger partial charge in [-0.1, -0.05) is 23.8 Å². The summed E-state index contributed by atoms with van der Waals surface area (Å²) in [6, 6.07) is 6.43. The second-order valence-corrected chi connectivity index (χ2v) is 4.52. The molecule has 2 aromatic rings. The van der Waals surface area contributed by atoms with E-state index >= 15 is 0 Å². The monoisotopic (exact) mass is 218 g/mol. The normalized spacial score (nSPS) is 10.6. The van der Waals surface area contributed by atoms with E-state index in [0.29, 0.717) is 6.54 Å². The van der Waals surface area contributed by atoms with E-state index < -0.39 is 0 Å². The Hall–Kier alpha value is -1.19. The smallest absolute Gasteiger partial charge is 0.123 e. The molecule has 2 nitrogen and oxygen atoms in total. The number of hydrogen-bond acceptors (Lipinski definition) is 3. The van der Waals surface area contributed by atoms with Gasteiger partial charge >= 0.3 is 0 Å². The Morgan fingerprint density at radius 1 is 1.33 bits per heavy atom. The van der Waals surface area contributed by atoms with Gasteiger partial charge in [-0.2, -0.15) is 0 Å². The van der Waals surface area contributed by atoms with Crippen molar-refractivity contribution in [2.24, 2.45) is 5.73 Å². The van der Waals surface area contributed by atoms with Crippen molar-refractivity contribution in [3.8, 4) is 10.6 Å². The third-order valence-corrected chi connectivity index (χ3v) is 3.30. The first-order valence-corrected chi connectivity index (χ1v) is 5.81. The van der Waals surface area contributed by atoms with Crippen molar-refractivity contribution < 1.29 is 0 Å². The van der Waals surface area contributed by atoms with Crippen LogP contribution in [0.3, 0.4) is 0 Å². The van der Waals surface area contributed by atoms with Crippen molar-refractivity contribution in [1.82, 2.24) is 4.98 Å². The van der Waals surface area contributed by atoms with Crippen LogP contribution in [0.1, 0.15) is 16.8 Å². The Labute approximate surface area is 93.8 Å². The molecule has 0 unspecified atom stereocenters. The maximum atomic E-state index is 5.55. The molecular formula is C12H14N2S. The predicted molar refractivity (Wildman–Crippen MR) is 64.9 cm³/mol. The topological polar surface area (TPSA) is 38.9 Å². The first-order valence-electron chi connectivity index (χ1n) is 4.93. The number of nitrogens with zero attached hydrogens (tertiary/aromatic N) is 1. The Kier molecular flexibility index (Phi) is 2.84. The highest BCUT2D eigenvalue weighted by atomic mass is 32.1. The summed E-state index contributed by atoms with van der Waals surface area (Å²) in [7, 11) is 0. The second kappa shape index (κ2) is 4.13. The Morgan fingerprint density at radius 2 is 2.13 bits per heavy atom. The lowest BCUT2D eigenvalue weighted by atomic mass is 10.1. The van der Waals surface area contributed by atoms with Crippen LogP contribution in [0.4, 0.5) is 0 Å².